The van der Waals surface area contributed by atoms with Crippen molar-refractivity contribution in [1.82, 2.24) is 24.4 Å². The predicted octanol–water partition coefficient (Wildman–Crippen LogP) is 4.50. The number of ether oxygens (including phenoxy) is 1. The highest BCUT2D eigenvalue weighted by molar-refractivity contribution is 5.94. The average molecular weight is 468 g/mol. The van der Waals surface area contributed by atoms with Gasteiger partial charge in [0.2, 0.25) is 0 Å². The van der Waals surface area contributed by atoms with Gasteiger partial charge in [-0.05, 0) is 43.2 Å². The van der Waals surface area contributed by atoms with E-state index in [0.29, 0.717) is 18.5 Å². The number of rotatable bonds is 6. The minimum Gasteiger partial charge on any atom is -0.496 e. The van der Waals surface area contributed by atoms with E-state index in [9.17, 15) is 4.79 Å². The van der Waals surface area contributed by atoms with Crippen LogP contribution in [0.5, 0.6) is 5.75 Å². The Labute approximate surface area is 205 Å². The maximum Gasteiger partial charge on any atom is 0.255 e. The van der Waals surface area contributed by atoms with Crippen molar-refractivity contribution in [2.75, 3.05) is 20.2 Å². The van der Waals surface area contributed by atoms with Crippen LogP contribution in [0.3, 0.4) is 0 Å². The van der Waals surface area contributed by atoms with E-state index in [2.05, 4.69) is 16.0 Å². The van der Waals surface area contributed by atoms with Gasteiger partial charge in [-0.2, -0.15) is 0 Å². The Kier molecular flexibility index (Phi) is 6.57. The zero-order valence-electron chi connectivity index (χ0n) is 20.1. The number of para-hydroxylation sites is 1. The molecule has 0 radical (unpaired) electrons. The first-order chi connectivity index (χ1) is 17.1. The second-order valence-electron chi connectivity index (χ2n) is 8.95. The molecule has 1 amide bonds. The van der Waals surface area contributed by atoms with Crippen LogP contribution in [0, 0.1) is 0 Å². The van der Waals surface area contributed by atoms with Crippen LogP contribution in [0.4, 0.5) is 0 Å². The summed E-state index contributed by atoms with van der Waals surface area (Å²) in [6, 6.07) is 17.8. The molecule has 7 nitrogen and oxygen atoms in total. The number of nitrogens with zero attached hydrogens (tertiary/aromatic N) is 5. The van der Waals surface area contributed by atoms with E-state index in [1.165, 1.54) is 0 Å². The summed E-state index contributed by atoms with van der Waals surface area (Å²) in [4.78, 5) is 28.9. The van der Waals surface area contributed by atoms with Crippen molar-refractivity contribution < 1.29 is 9.53 Å². The lowest BCUT2D eigenvalue weighted by atomic mass is 9.93. The third-order valence-corrected chi connectivity index (χ3v) is 6.61. The van der Waals surface area contributed by atoms with E-state index < -0.39 is 0 Å². The molecule has 0 spiro atoms. The number of benzene rings is 1. The predicted molar refractivity (Wildman–Crippen MR) is 134 cm³/mol. The maximum atomic E-state index is 13.3. The molecule has 1 aliphatic rings. The molecule has 1 saturated heterocycles. The van der Waals surface area contributed by atoms with Gasteiger partial charge in [0, 0.05) is 55.6 Å². The Balaban J connectivity index is 1.28. The molecule has 0 N–H and O–H groups in total. The number of carbonyl (C=O) groups is 1. The molecular formula is C28H29N5O2. The van der Waals surface area contributed by atoms with Gasteiger partial charge < -0.3 is 14.2 Å². The molecule has 4 heterocycles. The van der Waals surface area contributed by atoms with E-state index in [4.69, 9.17) is 9.72 Å². The van der Waals surface area contributed by atoms with Crippen LogP contribution in [0.1, 0.15) is 46.1 Å². The lowest BCUT2D eigenvalue weighted by molar-refractivity contribution is 0.0705. The third-order valence-electron chi connectivity index (χ3n) is 6.61. The number of imidazole rings is 1. The fourth-order valence-corrected chi connectivity index (χ4v) is 4.71. The van der Waals surface area contributed by atoms with Gasteiger partial charge in [-0.1, -0.05) is 24.3 Å². The van der Waals surface area contributed by atoms with Crippen molar-refractivity contribution in [3.8, 4) is 17.1 Å². The standard InChI is InChI=1S/C28H29N5O2/c1-32-19-29-17-26(32)25-10-5-9-24(31-25)22-8-6-14-33(18-22)28(34)21-12-13-23(30-16-21)15-20-7-3-4-11-27(20)35-2/h3-5,7,9-13,16-17,19,22H,6,8,14-15,18H2,1-2H3. The molecule has 1 fully saturated rings. The van der Waals surface area contributed by atoms with Crippen molar-refractivity contribution >= 4 is 5.91 Å². The number of aryl methyl sites for hydroxylation is 1. The number of aromatic nitrogens is 4. The summed E-state index contributed by atoms with van der Waals surface area (Å²) < 4.78 is 7.41. The summed E-state index contributed by atoms with van der Waals surface area (Å²) in [5.74, 6) is 1.07. The third kappa shape index (κ3) is 4.94. The molecule has 1 unspecified atom stereocenters. The molecule has 1 atom stereocenters. The van der Waals surface area contributed by atoms with Crippen molar-refractivity contribution in [3.63, 3.8) is 0 Å². The molecule has 5 rings (SSSR count). The number of carbonyl (C=O) groups excluding carboxylic acids is 1. The van der Waals surface area contributed by atoms with Crippen LogP contribution in [-0.2, 0) is 13.5 Å². The van der Waals surface area contributed by atoms with Crippen molar-refractivity contribution in [2.24, 2.45) is 7.05 Å². The van der Waals surface area contributed by atoms with Crippen molar-refractivity contribution in [1.29, 1.82) is 0 Å². The van der Waals surface area contributed by atoms with Gasteiger partial charge in [0.1, 0.15) is 5.75 Å². The Morgan fingerprint density at radius 3 is 2.74 bits per heavy atom. The van der Waals surface area contributed by atoms with Crippen LogP contribution >= 0.6 is 0 Å². The normalized spacial score (nSPS) is 15.7. The lowest BCUT2D eigenvalue weighted by Crippen LogP contribution is -2.39. The summed E-state index contributed by atoms with van der Waals surface area (Å²) in [5.41, 5.74) is 5.49. The quantitative estimate of drug-likeness (QED) is 0.418. The van der Waals surface area contributed by atoms with E-state index >= 15 is 0 Å². The highest BCUT2D eigenvalue weighted by atomic mass is 16.5. The minimum atomic E-state index is 0.0221. The number of pyridine rings is 2. The van der Waals surface area contributed by atoms with Crippen LogP contribution in [0.15, 0.2) is 73.3 Å². The number of hydrogen-bond donors (Lipinski definition) is 0. The van der Waals surface area contributed by atoms with Crippen LogP contribution < -0.4 is 4.74 Å². The number of hydrogen-bond acceptors (Lipinski definition) is 5. The van der Waals surface area contributed by atoms with Crippen molar-refractivity contribution in [2.45, 2.75) is 25.2 Å². The zero-order valence-corrected chi connectivity index (χ0v) is 20.1. The fraction of sp³-hybridized carbons (Fsp3) is 0.286. The molecule has 0 bridgehead atoms. The lowest BCUT2D eigenvalue weighted by Gasteiger charge is -2.32. The van der Waals surface area contributed by atoms with Gasteiger partial charge in [0.05, 0.1) is 36.6 Å². The molecule has 7 heteroatoms. The first-order valence-corrected chi connectivity index (χ1v) is 11.9. The summed E-state index contributed by atoms with van der Waals surface area (Å²) in [7, 11) is 3.64. The Morgan fingerprint density at radius 1 is 1.09 bits per heavy atom. The molecule has 178 valence electrons. The van der Waals surface area contributed by atoms with Gasteiger partial charge in [-0.25, -0.2) is 4.98 Å². The smallest absolute Gasteiger partial charge is 0.255 e. The second kappa shape index (κ2) is 10.1. The molecule has 4 aromatic rings. The molecule has 1 aliphatic heterocycles. The molecule has 0 aliphatic carbocycles. The molecular weight excluding hydrogens is 438 g/mol. The topological polar surface area (TPSA) is 73.1 Å². The summed E-state index contributed by atoms with van der Waals surface area (Å²) in [5, 5.41) is 0. The number of likely N-dealkylation sites (tertiary alicyclic amines) is 1. The minimum absolute atomic E-state index is 0.0221. The van der Waals surface area contributed by atoms with Gasteiger partial charge in [-0.3, -0.25) is 14.8 Å². The maximum absolute atomic E-state index is 13.3. The van der Waals surface area contributed by atoms with Crippen LogP contribution in [-0.4, -0.2) is 50.5 Å². The zero-order chi connectivity index (χ0) is 24.2. The summed E-state index contributed by atoms with van der Waals surface area (Å²) in [6.07, 6.45) is 7.92. The van der Waals surface area contributed by atoms with Crippen LogP contribution in [0.2, 0.25) is 0 Å². The first kappa shape index (κ1) is 22.8. The van der Waals surface area contributed by atoms with E-state index in [-0.39, 0.29) is 11.8 Å². The molecule has 0 saturated carbocycles. The van der Waals surface area contributed by atoms with Gasteiger partial charge in [-0.15, -0.1) is 0 Å². The van der Waals surface area contributed by atoms with Crippen molar-refractivity contribution in [3.05, 3.63) is 95.8 Å². The van der Waals surface area contributed by atoms with Gasteiger partial charge in [0.25, 0.3) is 5.91 Å². The summed E-state index contributed by atoms with van der Waals surface area (Å²) in [6.45, 7) is 1.41. The highest BCUT2D eigenvalue weighted by Crippen LogP contribution is 2.28. The monoisotopic (exact) mass is 467 g/mol. The number of methoxy groups -OCH3 is 1. The largest absolute Gasteiger partial charge is 0.496 e. The average Bonchev–Trinajstić information content (AvgIpc) is 3.35. The molecule has 35 heavy (non-hydrogen) atoms. The highest BCUT2D eigenvalue weighted by Gasteiger charge is 2.27. The fourth-order valence-electron chi connectivity index (χ4n) is 4.71. The number of amides is 1. The number of piperidine rings is 1. The molecule has 3 aromatic heterocycles. The van der Waals surface area contributed by atoms with E-state index in [1.54, 1.807) is 19.6 Å². The van der Waals surface area contributed by atoms with Gasteiger partial charge in [0.15, 0.2) is 0 Å². The second-order valence-corrected chi connectivity index (χ2v) is 8.95. The van der Waals surface area contributed by atoms with Gasteiger partial charge >= 0.3 is 0 Å². The van der Waals surface area contributed by atoms with E-state index in [0.717, 1.165) is 53.5 Å². The SMILES string of the molecule is COc1ccccc1Cc1ccc(C(=O)N2CCCC(c3cccc(-c4cncn4C)n3)C2)cn1. The van der Waals surface area contributed by atoms with Crippen LogP contribution in [0.25, 0.3) is 11.4 Å². The Morgan fingerprint density at radius 2 is 1.97 bits per heavy atom. The van der Waals surface area contributed by atoms with E-state index in [1.807, 2.05) is 71.2 Å². The first-order valence-electron chi connectivity index (χ1n) is 11.9. The molecule has 1 aromatic carbocycles. The Hall–Kier alpha value is -4.00. The summed E-state index contributed by atoms with van der Waals surface area (Å²) >= 11 is 0. The Bertz CT molecular complexity index is 1310.